The van der Waals surface area contributed by atoms with Crippen LogP contribution in [-0.4, -0.2) is 18.0 Å². The number of hydrogen-bond donors (Lipinski definition) is 2. The molecular weight excluding hydrogens is 260 g/mol. The van der Waals surface area contributed by atoms with Crippen molar-refractivity contribution in [1.82, 2.24) is 0 Å². The molecule has 2 amide bonds. The molecule has 0 aliphatic carbocycles. The van der Waals surface area contributed by atoms with Gasteiger partial charge in [0, 0.05) is 17.1 Å². The van der Waals surface area contributed by atoms with Crippen molar-refractivity contribution in [2.45, 2.75) is 6.42 Å². The molecule has 0 bridgehead atoms. The summed E-state index contributed by atoms with van der Waals surface area (Å²) in [5, 5.41) is 3.39. The Morgan fingerprint density at radius 1 is 1.53 bits per heavy atom. The van der Waals surface area contributed by atoms with E-state index in [1.165, 1.54) is 0 Å². The van der Waals surface area contributed by atoms with Crippen LogP contribution in [0.4, 0.5) is 10.5 Å². The highest BCUT2D eigenvalue weighted by Gasteiger charge is 1.98. The topological polar surface area (TPSA) is 64.4 Å². The van der Waals surface area contributed by atoms with Gasteiger partial charge in [-0.2, -0.15) is 0 Å². The fraction of sp³-hybridized carbons (Fsp3) is 0.300. The summed E-state index contributed by atoms with van der Waals surface area (Å²) < 4.78 is 5.45. The number of primary amides is 1. The molecule has 0 heterocycles. The van der Waals surface area contributed by atoms with Gasteiger partial charge in [0.25, 0.3) is 0 Å². The first-order chi connectivity index (χ1) is 7.22. The summed E-state index contributed by atoms with van der Waals surface area (Å²) >= 11 is 3.32. The van der Waals surface area contributed by atoms with Crippen LogP contribution in [0.1, 0.15) is 6.42 Å². The molecule has 0 aromatic heterocycles. The molecule has 0 aliphatic heterocycles. The van der Waals surface area contributed by atoms with Gasteiger partial charge in [0.05, 0.1) is 6.61 Å². The highest BCUT2D eigenvalue weighted by Crippen LogP contribution is 2.17. The van der Waals surface area contributed by atoms with Crippen LogP contribution in [0.5, 0.6) is 5.75 Å². The number of hydrogen-bond acceptors (Lipinski definition) is 2. The van der Waals surface area contributed by atoms with Gasteiger partial charge >= 0.3 is 6.03 Å². The number of ether oxygens (including phenoxy) is 1. The predicted molar refractivity (Wildman–Crippen MR) is 63.6 cm³/mol. The number of amides is 2. The second-order valence-electron chi connectivity index (χ2n) is 2.91. The summed E-state index contributed by atoms with van der Waals surface area (Å²) in [6.45, 7) is 0.644. The largest absolute Gasteiger partial charge is 0.493 e. The smallest absolute Gasteiger partial charge is 0.316 e. The zero-order valence-electron chi connectivity index (χ0n) is 8.20. The summed E-state index contributed by atoms with van der Waals surface area (Å²) in [5.41, 5.74) is 5.64. The van der Waals surface area contributed by atoms with E-state index in [0.29, 0.717) is 12.3 Å². The first-order valence-electron chi connectivity index (χ1n) is 4.57. The van der Waals surface area contributed by atoms with E-state index in [4.69, 9.17) is 10.5 Å². The van der Waals surface area contributed by atoms with Crippen molar-refractivity contribution in [3.8, 4) is 5.75 Å². The van der Waals surface area contributed by atoms with Crippen molar-refractivity contribution in [2.75, 3.05) is 17.3 Å². The lowest BCUT2D eigenvalue weighted by Gasteiger charge is -2.07. The molecule has 0 aliphatic rings. The van der Waals surface area contributed by atoms with Gasteiger partial charge < -0.3 is 15.8 Å². The number of halogens is 1. The van der Waals surface area contributed by atoms with Crippen LogP contribution in [0.2, 0.25) is 0 Å². The Bertz CT molecular complexity index is 331. The van der Waals surface area contributed by atoms with E-state index >= 15 is 0 Å². The van der Waals surface area contributed by atoms with Gasteiger partial charge in [0.2, 0.25) is 0 Å². The maximum absolute atomic E-state index is 10.6. The van der Waals surface area contributed by atoms with Crippen LogP contribution in [0.15, 0.2) is 24.3 Å². The second kappa shape index (κ2) is 6.29. The molecule has 5 heteroatoms. The maximum atomic E-state index is 10.6. The van der Waals surface area contributed by atoms with Gasteiger partial charge in [-0.15, -0.1) is 0 Å². The fourth-order valence-electron chi connectivity index (χ4n) is 1.05. The van der Waals surface area contributed by atoms with Gasteiger partial charge in [-0.1, -0.05) is 22.0 Å². The predicted octanol–water partition coefficient (Wildman–Crippen LogP) is 2.34. The molecule has 0 radical (unpaired) electrons. The summed E-state index contributed by atoms with van der Waals surface area (Å²) in [5.74, 6) is 0.724. The van der Waals surface area contributed by atoms with Crippen molar-refractivity contribution < 1.29 is 9.53 Å². The third-order valence-electron chi connectivity index (χ3n) is 1.65. The lowest BCUT2D eigenvalue weighted by Crippen LogP contribution is -2.19. The van der Waals surface area contributed by atoms with Gasteiger partial charge in [-0.25, -0.2) is 4.79 Å². The highest BCUT2D eigenvalue weighted by atomic mass is 79.9. The standard InChI is InChI=1S/C10H13BrN2O2/c11-5-2-6-15-9-4-1-3-8(7-9)13-10(12)14/h1,3-4,7H,2,5-6H2,(H3,12,13,14). The van der Waals surface area contributed by atoms with Crippen molar-refractivity contribution in [2.24, 2.45) is 5.73 Å². The normalized spacial score (nSPS) is 9.67. The van der Waals surface area contributed by atoms with Crippen molar-refractivity contribution in [3.63, 3.8) is 0 Å². The van der Waals surface area contributed by atoms with Crippen LogP contribution in [0, 0.1) is 0 Å². The first kappa shape index (κ1) is 11.8. The quantitative estimate of drug-likeness (QED) is 0.638. The van der Waals surface area contributed by atoms with E-state index in [0.717, 1.165) is 17.5 Å². The van der Waals surface area contributed by atoms with E-state index in [2.05, 4.69) is 21.2 Å². The average Bonchev–Trinajstić information content (AvgIpc) is 2.18. The SMILES string of the molecule is NC(=O)Nc1cccc(OCCCBr)c1. The zero-order valence-corrected chi connectivity index (χ0v) is 9.79. The Morgan fingerprint density at radius 3 is 3.00 bits per heavy atom. The minimum Gasteiger partial charge on any atom is -0.493 e. The molecule has 0 saturated carbocycles. The van der Waals surface area contributed by atoms with Crippen LogP contribution in [0.25, 0.3) is 0 Å². The molecular formula is C10H13BrN2O2. The number of nitrogens with one attached hydrogen (secondary N) is 1. The summed E-state index contributed by atoms with van der Waals surface area (Å²) in [6, 6.07) is 6.54. The van der Waals surface area contributed by atoms with E-state index < -0.39 is 6.03 Å². The number of urea groups is 1. The first-order valence-corrected chi connectivity index (χ1v) is 5.70. The third-order valence-corrected chi connectivity index (χ3v) is 2.21. The summed E-state index contributed by atoms with van der Waals surface area (Å²) in [4.78, 5) is 10.6. The van der Waals surface area contributed by atoms with Crippen LogP contribution < -0.4 is 15.8 Å². The molecule has 1 aromatic rings. The van der Waals surface area contributed by atoms with E-state index in [-0.39, 0.29) is 0 Å². The van der Waals surface area contributed by atoms with Crippen molar-refractivity contribution in [1.29, 1.82) is 0 Å². The molecule has 0 fully saturated rings. The number of anilines is 1. The van der Waals surface area contributed by atoms with E-state index in [1.807, 2.05) is 6.07 Å². The molecule has 82 valence electrons. The maximum Gasteiger partial charge on any atom is 0.316 e. The van der Waals surface area contributed by atoms with Gasteiger partial charge in [-0.3, -0.25) is 0 Å². The molecule has 1 aromatic carbocycles. The molecule has 15 heavy (non-hydrogen) atoms. The molecule has 4 nitrogen and oxygen atoms in total. The minimum absolute atomic E-state index is 0.576. The lowest BCUT2D eigenvalue weighted by atomic mass is 10.3. The lowest BCUT2D eigenvalue weighted by molar-refractivity contribution is 0.259. The molecule has 0 atom stereocenters. The van der Waals surface area contributed by atoms with Gasteiger partial charge in [0.1, 0.15) is 5.75 Å². The van der Waals surface area contributed by atoms with Crippen molar-refractivity contribution >= 4 is 27.6 Å². The van der Waals surface area contributed by atoms with Crippen LogP contribution in [-0.2, 0) is 0 Å². The third kappa shape index (κ3) is 4.69. The Morgan fingerprint density at radius 2 is 2.33 bits per heavy atom. The Labute approximate surface area is 96.9 Å². The summed E-state index contributed by atoms with van der Waals surface area (Å²) in [6.07, 6.45) is 0.938. The second-order valence-corrected chi connectivity index (χ2v) is 3.70. The Hall–Kier alpha value is -1.23. The minimum atomic E-state index is -0.576. The van der Waals surface area contributed by atoms with Crippen LogP contribution >= 0.6 is 15.9 Å². The average molecular weight is 273 g/mol. The summed E-state index contributed by atoms with van der Waals surface area (Å²) in [7, 11) is 0. The van der Waals surface area contributed by atoms with E-state index in [1.54, 1.807) is 18.2 Å². The number of carbonyl (C=O) groups is 1. The van der Waals surface area contributed by atoms with Crippen LogP contribution in [0.3, 0.4) is 0 Å². The molecule has 1 rings (SSSR count). The van der Waals surface area contributed by atoms with Crippen molar-refractivity contribution in [3.05, 3.63) is 24.3 Å². The molecule has 3 N–H and O–H groups in total. The molecule has 0 saturated heterocycles. The molecule has 0 unspecified atom stereocenters. The Balaban J connectivity index is 2.53. The Kier molecular flexibility index (Phi) is 4.97. The number of nitrogens with two attached hydrogens (primary N) is 1. The van der Waals surface area contributed by atoms with Gasteiger partial charge in [-0.05, 0) is 18.6 Å². The fourth-order valence-corrected chi connectivity index (χ4v) is 1.28. The zero-order chi connectivity index (χ0) is 11.1. The number of carbonyl (C=O) groups excluding carboxylic acids is 1. The van der Waals surface area contributed by atoms with Gasteiger partial charge in [0.15, 0.2) is 0 Å². The monoisotopic (exact) mass is 272 g/mol. The highest BCUT2D eigenvalue weighted by molar-refractivity contribution is 9.09. The van der Waals surface area contributed by atoms with E-state index in [9.17, 15) is 4.79 Å². The number of alkyl halides is 1. The molecule has 0 spiro atoms. The number of rotatable bonds is 5. The number of benzene rings is 1.